The van der Waals surface area contributed by atoms with Gasteiger partial charge in [-0.15, -0.1) is 11.3 Å². The number of nitrogens with zero attached hydrogens (tertiary/aromatic N) is 1. The number of carboxylic acids is 1. The molecule has 1 saturated heterocycles. The minimum Gasteiger partial charge on any atom is -0.479 e. The van der Waals surface area contributed by atoms with Gasteiger partial charge in [0.1, 0.15) is 6.10 Å². The predicted molar refractivity (Wildman–Crippen MR) is 69.0 cm³/mol. The van der Waals surface area contributed by atoms with E-state index in [1.807, 2.05) is 5.38 Å². The lowest BCUT2D eigenvalue weighted by Crippen LogP contribution is -2.42. The van der Waals surface area contributed by atoms with Crippen LogP contribution in [0.5, 0.6) is 0 Å². The maximum Gasteiger partial charge on any atom is 0.332 e. The Hall–Kier alpha value is -1.40. The van der Waals surface area contributed by atoms with Crippen molar-refractivity contribution in [3.63, 3.8) is 0 Å². The van der Waals surface area contributed by atoms with Crippen molar-refractivity contribution in [1.82, 2.24) is 4.90 Å². The summed E-state index contributed by atoms with van der Waals surface area (Å²) in [6.07, 6.45) is 0.400. The molecule has 0 saturated carbocycles. The summed E-state index contributed by atoms with van der Waals surface area (Å²) in [6.45, 7) is 1.32. The molecule has 0 aliphatic carbocycles. The van der Waals surface area contributed by atoms with E-state index in [2.05, 4.69) is 6.07 Å². The Labute approximate surface area is 114 Å². The van der Waals surface area contributed by atoms with Crippen LogP contribution in [0.15, 0.2) is 11.4 Å². The standard InChI is InChI=1S/C13H15NO4S/c15-12(9-1-2-10(18-9)13(16)17)14-5-3-11-8(7-14)4-6-19-11/h4,6,9-10H,1-3,5,7H2,(H,16,17)/t9-,10+/m0/s1. The summed E-state index contributed by atoms with van der Waals surface area (Å²) in [5.41, 5.74) is 1.21. The third-order valence-electron chi connectivity index (χ3n) is 3.69. The van der Waals surface area contributed by atoms with Crippen LogP contribution in [0.4, 0.5) is 0 Å². The predicted octanol–water partition coefficient (Wildman–Crippen LogP) is 1.26. The van der Waals surface area contributed by atoms with Gasteiger partial charge in [-0.1, -0.05) is 0 Å². The minimum atomic E-state index is -0.978. The highest BCUT2D eigenvalue weighted by atomic mass is 32.1. The molecule has 102 valence electrons. The molecule has 0 spiro atoms. The lowest BCUT2D eigenvalue weighted by Gasteiger charge is -2.29. The van der Waals surface area contributed by atoms with Gasteiger partial charge in [-0.2, -0.15) is 0 Å². The fourth-order valence-electron chi connectivity index (χ4n) is 2.64. The van der Waals surface area contributed by atoms with Crippen LogP contribution in [-0.2, 0) is 27.3 Å². The van der Waals surface area contributed by atoms with Gasteiger partial charge in [0.15, 0.2) is 6.10 Å². The first-order valence-corrected chi connectivity index (χ1v) is 7.25. The van der Waals surface area contributed by atoms with Crippen molar-refractivity contribution in [2.75, 3.05) is 6.54 Å². The Bertz CT molecular complexity index is 512. The number of aliphatic carboxylic acids is 1. The Morgan fingerprint density at radius 2 is 2.16 bits per heavy atom. The third kappa shape index (κ3) is 2.37. The molecule has 1 amide bonds. The van der Waals surface area contributed by atoms with Crippen molar-refractivity contribution in [3.8, 4) is 0 Å². The molecular formula is C13H15NO4S. The van der Waals surface area contributed by atoms with Crippen molar-refractivity contribution in [2.24, 2.45) is 0 Å². The number of carboxylic acid groups (broad SMARTS) is 1. The van der Waals surface area contributed by atoms with E-state index in [1.165, 1.54) is 10.4 Å². The zero-order chi connectivity index (χ0) is 13.4. The molecule has 3 rings (SSSR count). The number of carbonyl (C=O) groups excluding carboxylic acids is 1. The first-order chi connectivity index (χ1) is 9.15. The molecule has 0 unspecified atom stereocenters. The molecule has 1 N–H and O–H groups in total. The Balaban J connectivity index is 1.65. The monoisotopic (exact) mass is 281 g/mol. The van der Waals surface area contributed by atoms with Crippen molar-refractivity contribution in [1.29, 1.82) is 0 Å². The molecule has 5 nitrogen and oxygen atoms in total. The zero-order valence-corrected chi connectivity index (χ0v) is 11.2. The van der Waals surface area contributed by atoms with Crippen LogP contribution >= 0.6 is 11.3 Å². The highest BCUT2D eigenvalue weighted by Crippen LogP contribution is 2.27. The van der Waals surface area contributed by atoms with Gasteiger partial charge < -0.3 is 14.7 Å². The number of hydrogen-bond donors (Lipinski definition) is 1. The number of fused-ring (bicyclic) bond motifs is 1. The van der Waals surface area contributed by atoms with E-state index in [4.69, 9.17) is 9.84 Å². The van der Waals surface area contributed by atoms with Crippen LogP contribution in [0.3, 0.4) is 0 Å². The summed E-state index contributed by atoms with van der Waals surface area (Å²) in [7, 11) is 0. The van der Waals surface area contributed by atoms with Crippen molar-refractivity contribution in [2.45, 2.75) is 38.0 Å². The molecule has 3 heterocycles. The second-order valence-corrected chi connectivity index (χ2v) is 5.91. The smallest absolute Gasteiger partial charge is 0.332 e. The molecule has 2 aliphatic rings. The number of ether oxygens (including phenoxy) is 1. The van der Waals surface area contributed by atoms with E-state index in [0.717, 1.165) is 6.42 Å². The summed E-state index contributed by atoms with van der Waals surface area (Å²) in [5.74, 6) is -1.05. The quantitative estimate of drug-likeness (QED) is 0.886. The van der Waals surface area contributed by atoms with Crippen LogP contribution in [-0.4, -0.2) is 40.6 Å². The van der Waals surface area contributed by atoms with Gasteiger partial charge in [-0.05, 0) is 36.3 Å². The van der Waals surface area contributed by atoms with Crippen LogP contribution < -0.4 is 0 Å². The van der Waals surface area contributed by atoms with Crippen molar-refractivity contribution in [3.05, 3.63) is 21.9 Å². The van der Waals surface area contributed by atoms with E-state index >= 15 is 0 Å². The van der Waals surface area contributed by atoms with E-state index in [9.17, 15) is 9.59 Å². The second-order valence-electron chi connectivity index (χ2n) is 4.91. The van der Waals surface area contributed by atoms with E-state index < -0.39 is 18.2 Å². The van der Waals surface area contributed by atoms with E-state index in [0.29, 0.717) is 25.9 Å². The fourth-order valence-corrected chi connectivity index (χ4v) is 3.53. The minimum absolute atomic E-state index is 0.0689. The van der Waals surface area contributed by atoms with Gasteiger partial charge in [-0.3, -0.25) is 4.79 Å². The number of carbonyl (C=O) groups is 2. The number of thiophene rings is 1. The highest BCUT2D eigenvalue weighted by Gasteiger charge is 2.37. The molecule has 2 aliphatic heterocycles. The van der Waals surface area contributed by atoms with Crippen molar-refractivity contribution < 1.29 is 19.4 Å². The second kappa shape index (κ2) is 4.94. The average Bonchev–Trinajstić information content (AvgIpc) is 3.06. The molecular weight excluding hydrogens is 266 g/mol. The summed E-state index contributed by atoms with van der Waals surface area (Å²) in [4.78, 5) is 26.3. The summed E-state index contributed by atoms with van der Waals surface area (Å²) < 4.78 is 5.32. The molecule has 1 aromatic rings. The molecule has 0 bridgehead atoms. The van der Waals surface area contributed by atoms with Gasteiger partial charge in [0.05, 0.1) is 0 Å². The molecule has 19 heavy (non-hydrogen) atoms. The SMILES string of the molecule is O=C(O)[C@H]1CC[C@@H](C(=O)N2CCc3sccc3C2)O1. The molecule has 1 fully saturated rings. The van der Waals surface area contributed by atoms with Gasteiger partial charge in [0, 0.05) is 18.0 Å². The van der Waals surface area contributed by atoms with Crippen LogP contribution in [0.25, 0.3) is 0 Å². The summed E-state index contributed by atoms with van der Waals surface area (Å²) in [6, 6.07) is 2.05. The Kier molecular flexibility index (Phi) is 3.28. The summed E-state index contributed by atoms with van der Waals surface area (Å²) in [5, 5.41) is 10.9. The fraction of sp³-hybridized carbons (Fsp3) is 0.538. The summed E-state index contributed by atoms with van der Waals surface area (Å²) >= 11 is 1.73. The van der Waals surface area contributed by atoms with E-state index in [1.54, 1.807) is 16.2 Å². The van der Waals surface area contributed by atoms with Crippen LogP contribution in [0, 0.1) is 0 Å². The maximum absolute atomic E-state index is 12.3. The van der Waals surface area contributed by atoms with E-state index in [-0.39, 0.29) is 5.91 Å². The zero-order valence-electron chi connectivity index (χ0n) is 10.4. The first-order valence-electron chi connectivity index (χ1n) is 6.37. The Morgan fingerprint density at radius 3 is 2.89 bits per heavy atom. The van der Waals surface area contributed by atoms with Gasteiger partial charge in [0.25, 0.3) is 5.91 Å². The van der Waals surface area contributed by atoms with Crippen molar-refractivity contribution >= 4 is 23.2 Å². The molecule has 1 aromatic heterocycles. The van der Waals surface area contributed by atoms with Crippen LogP contribution in [0.2, 0.25) is 0 Å². The first kappa shape index (κ1) is 12.6. The number of amides is 1. The normalized spacial score (nSPS) is 26.2. The average molecular weight is 281 g/mol. The van der Waals surface area contributed by atoms with Gasteiger partial charge in [0.2, 0.25) is 0 Å². The Morgan fingerprint density at radius 1 is 1.37 bits per heavy atom. The van der Waals surface area contributed by atoms with Gasteiger partial charge >= 0.3 is 5.97 Å². The largest absolute Gasteiger partial charge is 0.479 e. The topological polar surface area (TPSA) is 66.8 Å². The number of hydrogen-bond acceptors (Lipinski definition) is 4. The number of rotatable bonds is 2. The van der Waals surface area contributed by atoms with Crippen LogP contribution in [0.1, 0.15) is 23.3 Å². The maximum atomic E-state index is 12.3. The molecule has 2 atom stereocenters. The third-order valence-corrected chi connectivity index (χ3v) is 4.71. The molecule has 6 heteroatoms. The lowest BCUT2D eigenvalue weighted by molar-refractivity contribution is -0.155. The molecule has 0 aromatic carbocycles. The lowest BCUT2D eigenvalue weighted by atomic mass is 10.1. The van der Waals surface area contributed by atoms with Gasteiger partial charge in [-0.25, -0.2) is 4.79 Å². The molecule has 0 radical (unpaired) electrons. The highest BCUT2D eigenvalue weighted by molar-refractivity contribution is 7.10.